The van der Waals surface area contributed by atoms with Gasteiger partial charge < -0.3 is 10.6 Å². The van der Waals surface area contributed by atoms with Crippen LogP contribution in [0, 0.1) is 0 Å². The smallest absolute Gasteiger partial charge is 0.240 e. The summed E-state index contributed by atoms with van der Waals surface area (Å²) in [4.78, 5) is 12.1. The predicted octanol–water partition coefficient (Wildman–Crippen LogP) is 1.58. The van der Waals surface area contributed by atoms with E-state index in [1.165, 1.54) is 32.1 Å². The molecular weight excluding hydrogens is 188 g/mol. The summed E-state index contributed by atoms with van der Waals surface area (Å²) < 4.78 is 0. The average Bonchev–Trinajstić information content (AvgIpc) is 2.68. The van der Waals surface area contributed by atoms with E-state index >= 15 is 0 Å². The molecule has 2 N–H and O–H groups in total. The number of rotatable bonds is 2. The SMILES string of the molecule is CC1(C(=O)NC2CCCCC2)CCCN1. The molecule has 0 aromatic carbocycles. The number of nitrogens with one attached hydrogen (secondary N) is 2. The standard InChI is InChI=1S/C12H22N2O/c1-12(8-5-9-13-12)11(15)14-10-6-3-2-4-7-10/h10,13H,2-9H2,1H3,(H,14,15). The van der Waals surface area contributed by atoms with Crippen LogP contribution in [0.4, 0.5) is 0 Å². The molecule has 15 heavy (non-hydrogen) atoms. The van der Waals surface area contributed by atoms with Crippen molar-refractivity contribution >= 4 is 5.91 Å². The van der Waals surface area contributed by atoms with Gasteiger partial charge in [0.05, 0.1) is 5.54 Å². The van der Waals surface area contributed by atoms with E-state index < -0.39 is 0 Å². The summed E-state index contributed by atoms with van der Waals surface area (Å²) >= 11 is 0. The van der Waals surface area contributed by atoms with Crippen LogP contribution in [0.3, 0.4) is 0 Å². The van der Waals surface area contributed by atoms with Crippen LogP contribution in [0.1, 0.15) is 51.9 Å². The van der Waals surface area contributed by atoms with Gasteiger partial charge in [-0.2, -0.15) is 0 Å². The second-order valence-electron chi connectivity index (χ2n) is 5.17. The Hall–Kier alpha value is -0.570. The molecule has 3 heteroatoms. The number of carbonyl (C=O) groups is 1. The normalized spacial score (nSPS) is 32.9. The van der Waals surface area contributed by atoms with Gasteiger partial charge in [0.25, 0.3) is 0 Å². The van der Waals surface area contributed by atoms with Crippen molar-refractivity contribution in [1.29, 1.82) is 0 Å². The van der Waals surface area contributed by atoms with Gasteiger partial charge in [-0.3, -0.25) is 4.79 Å². The first-order valence-electron chi connectivity index (χ1n) is 6.27. The lowest BCUT2D eigenvalue weighted by Crippen LogP contribution is -2.54. The van der Waals surface area contributed by atoms with Crippen LogP contribution in [0.15, 0.2) is 0 Å². The minimum absolute atomic E-state index is 0.215. The number of carbonyl (C=O) groups excluding carboxylic acids is 1. The Labute approximate surface area is 92.0 Å². The third-order valence-corrected chi connectivity index (χ3v) is 3.81. The van der Waals surface area contributed by atoms with Crippen molar-refractivity contribution in [2.24, 2.45) is 0 Å². The van der Waals surface area contributed by atoms with Crippen LogP contribution in [0.25, 0.3) is 0 Å². The zero-order chi connectivity index (χ0) is 10.7. The van der Waals surface area contributed by atoms with Gasteiger partial charge in [-0.1, -0.05) is 19.3 Å². The maximum Gasteiger partial charge on any atom is 0.240 e. The van der Waals surface area contributed by atoms with Crippen LogP contribution in [-0.2, 0) is 4.79 Å². The van der Waals surface area contributed by atoms with Gasteiger partial charge in [-0.25, -0.2) is 0 Å². The molecule has 0 spiro atoms. The second kappa shape index (κ2) is 4.52. The highest BCUT2D eigenvalue weighted by atomic mass is 16.2. The number of hydrogen-bond donors (Lipinski definition) is 2. The highest BCUT2D eigenvalue weighted by Gasteiger charge is 2.36. The van der Waals surface area contributed by atoms with E-state index in [1.807, 2.05) is 6.92 Å². The molecular formula is C12H22N2O. The average molecular weight is 210 g/mol. The summed E-state index contributed by atoms with van der Waals surface area (Å²) in [5.74, 6) is 0.215. The van der Waals surface area contributed by atoms with Crippen molar-refractivity contribution in [3.8, 4) is 0 Å². The Morgan fingerprint density at radius 3 is 2.60 bits per heavy atom. The number of amides is 1. The molecule has 1 unspecified atom stereocenters. The molecule has 0 radical (unpaired) electrons. The van der Waals surface area contributed by atoms with E-state index in [0.29, 0.717) is 6.04 Å². The molecule has 0 aromatic rings. The molecule has 3 nitrogen and oxygen atoms in total. The molecule has 1 saturated carbocycles. The molecule has 1 heterocycles. The van der Waals surface area contributed by atoms with Crippen molar-refractivity contribution in [1.82, 2.24) is 10.6 Å². The third kappa shape index (κ3) is 2.51. The fourth-order valence-electron chi connectivity index (χ4n) is 2.68. The molecule has 86 valence electrons. The van der Waals surface area contributed by atoms with E-state index in [0.717, 1.165) is 19.4 Å². The van der Waals surface area contributed by atoms with Gasteiger partial charge in [0, 0.05) is 6.04 Å². The van der Waals surface area contributed by atoms with Gasteiger partial charge in [0.1, 0.15) is 0 Å². The van der Waals surface area contributed by atoms with Crippen molar-refractivity contribution in [2.75, 3.05) is 6.54 Å². The zero-order valence-electron chi connectivity index (χ0n) is 9.64. The van der Waals surface area contributed by atoms with Crippen LogP contribution < -0.4 is 10.6 Å². The largest absolute Gasteiger partial charge is 0.352 e. The molecule has 1 aliphatic carbocycles. The minimum Gasteiger partial charge on any atom is -0.352 e. The fraction of sp³-hybridized carbons (Fsp3) is 0.917. The fourth-order valence-corrected chi connectivity index (χ4v) is 2.68. The van der Waals surface area contributed by atoms with Crippen LogP contribution >= 0.6 is 0 Å². The van der Waals surface area contributed by atoms with Crippen molar-refractivity contribution < 1.29 is 4.79 Å². The first kappa shape index (κ1) is 10.9. The van der Waals surface area contributed by atoms with E-state index in [2.05, 4.69) is 10.6 Å². The first-order valence-corrected chi connectivity index (χ1v) is 6.27. The Morgan fingerprint density at radius 1 is 1.27 bits per heavy atom. The van der Waals surface area contributed by atoms with Gasteiger partial charge in [0.2, 0.25) is 5.91 Å². The summed E-state index contributed by atoms with van der Waals surface area (Å²) in [6, 6.07) is 0.436. The molecule has 1 amide bonds. The lowest BCUT2D eigenvalue weighted by molar-refractivity contribution is -0.127. The minimum atomic E-state index is -0.294. The molecule has 1 saturated heterocycles. The monoisotopic (exact) mass is 210 g/mol. The lowest BCUT2D eigenvalue weighted by atomic mass is 9.93. The molecule has 2 fully saturated rings. The third-order valence-electron chi connectivity index (χ3n) is 3.81. The topological polar surface area (TPSA) is 41.1 Å². The van der Waals surface area contributed by atoms with Crippen LogP contribution in [0.2, 0.25) is 0 Å². The predicted molar refractivity (Wildman–Crippen MR) is 60.7 cm³/mol. The lowest BCUT2D eigenvalue weighted by Gasteiger charge is -2.29. The Bertz CT molecular complexity index is 228. The molecule has 0 aromatic heterocycles. The Morgan fingerprint density at radius 2 is 2.00 bits per heavy atom. The van der Waals surface area contributed by atoms with Crippen LogP contribution in [0.5, 0.6) is 0 Å². The first-order chi connectivity index (χ1) is 7.21. The summed E-state index contributed by atoms with van der Waals surface area (Å²) in [7, 11) is 0. The zero-order valence-corrected chi connectivity index (χ0v) is 9.64. The summed E-state index contributed by atoms with van der Waals surface area (Å²) in [6.45, 7) is 3.01. The summed E-state index contributed by atoms with van der Waals surface area (Å²) in [5, 5.41) is 6.51. The van der Waals surface area contributed by atoms with E-state index in [4.69, 9.17) is 0 Å². The Kier molecular flexibility index (Phi) is 3.29. The number of hydrogen-bond acceptors (Lipinski definition) is 2. The quantitative estimate of drug-likeness (QED) is 0.726. The maximum atomic E-state index is 12.1. The van der Waals surface area contributed by atoms with Crippen molar-refractivity contribution in [3.63, 3.8) is 0 Å². The molecule has 2 aliphatic rings. The van der Waals surface area contributed by atoms with Gasteiger partial charge in [-0.05, 0) is 39.2 Å². The molecule has 2 rings (SSSR count). The van der Waals surface area contributed by atoms with Gasteiger partial charge >= 0.3 is 0 Å². The second-order valence-corrected chi connectivity index (χ2v) is 5.17. The highest BCUT2D eigenvalue weighted by Crippen LogP contribution is 2.21. The van der Waals surface area contributed by atoms with Gasteiger partial charge in [-0.15, -0.1) is 0 Å². The summed E-state index contributed by atoms with van der Waals surface area (Å²) in [5.41, 5.74) is -0.294. The van der Waals surface area contributed by atoms with Crippen molar-refractivity contribution in [3.05, 3.63) is 0 Å². The van der Waals surface area contributed by atoms with Crippen molar-refractivity contribution in [2.45, 2.75) is 63.5 Å². The molecule has 0 bridgehead atoms. The molecule has 1 aliphatic heterocycles. The van der Waals surface area contributed by atoms with E-state index in [1.54, 1.807) is 0 Å². The Balaban J connectivity index is 1.85. The maximum absolute atomic E-state index is 12.1. The summed E-state index contributed by atoms with van der Waals surface area (Å²) in [6.07, 6.45) is 8.32. The van der Waals surface area contributed by atoms with Gasteiger partial charge in [0.15, 0.2) is 0 Å². The van der Waals surface area contributed by atoms with Crippen LogP contribution in [-0.4, -0.2) is 24.0 Å². The highest BCUT2D eigenvalue weighted by molar-refractivity contribution is 5.86. The molecule has 1 atom stereocenters. The van der Waals surface area contributed by atoms with E-state index in [-0.39, 0.29) is 11.4 Å². The van der Waals surface area contributed by atoms with E-state index in [9.17, 15) is 4.79 Å².